The number of rotatable bonds is 4. The summed E-state index contributed by atoms with van der Waals surface area (Å²) in [5.74, 6) is 0.259. The van der Waals surface area contributed by atoms with Crippen molar-refractivity contribution in [1.82, 2.24) is 5.32 Å². The first-order valence-corrected chi connectivity index (χ1v) is 6.03. The summed E-state index contributed by atoms with van der Waals surface area (Å²) in [7, 11) is 0. The second kappa shape index (κ2) is 5.82. The van der Waals surface area contributed by atoms with Crippen molar-refractivity contribution in [2.24, 2.45) is 11.7 Å². The molecule has 0 bridgehead atoms. The van der Waals surface area contributed by atoms with Crippen LogP contribution in [0.4, 0.5) is 0 Å². The SMILES string of the molecule is Cc1cc(C)cc(C(=O)NC(C)C(C)CN)c1. The molecule has 0 saturated carbocycles. The van der Waals surface area contributed by atoms with E-state index in [4.69, 9.17) is 5.73 Å². The molecular weight excluding hydrogens is 212 g/mol. The van der Waals surface area contributed by atoms with Gasteiger partial charge >= 0.3 is 0 Å². The smallest absolute Gasteiger partial charge is 0.251 e. The van der Waals surface area contributed by atoms with E-state index in [2.05, 4.69) is 11.4 Å². The Bertz CT molecular complexity index is 381. The lowest BCUT2D eigenvalue weighted by molar-refractivity contribution is 0.0929. The van der Waals surface area contributed by atoms with Crippen LogP contribution in [-0.4, -0.2) is 18.5 Å². The second-order valence-corrected chi connectivity index (χ2v) is 4.85. The van der Waals surface area contributed by atoms with E-state index in [1.165, 1.54) is 0 Å². The maximum Gasteiger partial charge on any atom is 0.251 e. The lowest BCUT2D eigenvalue weighted by Crippen LogP contribution is -2.39. The van der Waals surface area contributed by atoms with Gasteiger partial charge in [0.2, 0.25) is 0 Å². The average molecular weight is 234 g/mol. The third-order valence-corrected chi connectivity index (χ3v) is 3.07. The molecule has 0 aromatic heterocycles. The Kier molecular flexibility index (Phi) is 4.70. The summed E-state index contributed by atoms with van der Waals surface area (Å²) in [4.78, 5) is 12.0. The van der Waals surface area contributed by atoms with Gasteiger partial charge in [0.25, 0.3) is 5.91 Å². The first-order chi connectivity index (χ1) is 7.93. The van der Waals surface area contributed by atoms with Crippen LogP contribution in [0.5, 0.6) is 0 Å². The standard InChI is InChI=1S/C14H22N2O/c1-9-5-10(2)7-13(6-9)14(17)16-12(4)11(3)8-15/h5-7,11-12H,8,15H2,1-4H3,(H,16,17). The van der Waals surface area contributed by atoms with E-state index >= 15 is 0 Å². The largest absolute Gasteiger partial charge is 0.349 e. The number of hydrogen-bond acceptors (Lipinski definition) is 2. The van der Waals surface area contributed by atoms with Gasteiger partial charge in [-0.2, -0.15) is 0 Å². The summed E-state index contributed by atoms with van der Waals surface area (Å²) in [5, 5.41) is 2.98. The van der Waals surface area contributed by atoms with Crippen molar-refractivity contribution in [2.45, 2.75) is 33.7 Å². The topological polar surface area (TPSA) is 55.1 Å². The number of amides is 1. The van der Waals surface area contributed by atoms with Crippen molar-refractivity contribution in [3.05, 3.63) is 34.9 Å². The van der Waals surface area contributed by atoms with Gasteiger partial charge < -0.3 is 11.1 Å². The van der Waals surface area contributed by atoms with Crippen LogP contribution in [0.2, 0.25) is 0 Å². The molecule has 3 heteroatoms. The highest BCUT2D eigenvalue weighted by molar-refractivity contribution is 5.94. The van der Waals surface area contributed by atoms with Crippen LogP contribution in [0.25, 0.3) is 0 Å². The number of benzene rings is 1. The molecule has 1 amide bonds. The normalized spacial score (nSPS) is 14.2. The molecule has 3 nitrogen and oxygen atoms in total. The molecule has 0 fully saturated rings. The quantitative estimate of drug-likeness (QED) is 0.837. The predicted octanol–water partition coefficient (Wildman–Crippen LogP) is 2.02. The number of aryl methyl sites for hydroxylation is 2. The van der Waals surface area contributed by atoms with Crippen LogP contribution in [0.1, 0.15) is 35.3 Å². The summed E-state index contributed by atoms with van der Waals surface area (Å²) in [6.45, 7) is 8.59. The molecule has 2 atom stereocenters. The molecule has 2 unspecified atom stereocenters. The fraction of sp³-hybridized carbons (Fsp3) is 0.500. The molecule has 0 spiro atoms. The van der Waals surface area contributed by atoms with Crippen molar-refractivity contribution in [2.75, 3.05) is 6.54 Å². The number of hydrogen-bond donors (Lipinski definition) is 2. The fourth-order valence-electron chi connectivity index (χ4n) is 1.74. The molecule has 1 rings (SSSR count). The number of nitrogens with two attached hydrogens (primary N) is 1. The summed E-state index contributed by atoms with van der Waals surface area (Å²) in [6.07, 6.45) is 0. The number of carbonyl (C=O) groups excluding carboxylic acids is 1. The van der Waals surface area contributed by atoms with E-state index in [0.29, 0.717) is 6.54 Å². The Morgan fingerprint density at radius 3 is 2.24 bits per heavy atom. The van der Waals surface area contributed by atoms with Gasteiger partial charge in [0, 0.05) is 11.6 Å². The van der Waals surface area contributed by atoms with E-state index in [9.17, 15) is 4.79 Å². The third-order valence-electron chi connectivity index (χ3n) is 3.07. The van der Waals surface area contributed by atoms with Crippen molar-refractivity contribution >= 4 is 5.91 Å². The van der Waals surface area contributed by atoms with Gasteiger partial charge in [-0.3, -0.25) is 4.79 Å². The summed E-state index contributed by atoms with van der Waals surface area (Å²) in [5.41, 5.74) is 8.52. The Labute approximate surface area is 103 Å². The van der Waals surface area contributed by atoms with Crippen LogP contribution in [-0.2, 0) is 0 Å². The molecule has 0 aliphatic carbocycles. The van der Waals surface area contributed by atoms with Crippen molar-refractivity contribution in [1.29, 1.82) is 0 Å². The minimum atomic E-state index is -0.0235. The van der Waals surface area contributed by atoms with E-state index in [1.54, 1.807) is 0 Å². The molecule has 0 saturated heterocycles. The molecule has 0 aliphatic heterocycles. The zero-order valence-electron chi connectivity index (χ0n) is 11.1. The zero-order chi connectivity index (χ0) is 13.0. The summed E-state index contributed by atoms with van der Waals surface area (Å²) in [6, 6.07) is 5.96. The molecule has 0 aliphatic rings. The number of nitrogens with one attached hydrogen (secondary N) is 1. The van der Waals surface area contributed by atoms with E-state index in [-0.39, 0.29) is 17.9 Å². The first kappa shape index (κ1) is 13.7. The average Bonchev–Trinajstić information content (AvgIpc) is 2.26. The highest BCUT2D eigenvalue weighted by Crippen LogP contribution is 2.10. The fourth-order valence-corrected chi connectivity index (χ4v) is 1.74. The van der Waals surface area contributed by atoms with Crippen LogP contribution >= 0.6 is 0 Å². The van der Waals surface area contributed by atoms with Crippen LogP contribution in [0, 0.1) is 19.8 Å². The molecule has 17 heavy (non-hydrogen) atoms. The van der Waals surface area contributed by atoms with Crippen molar-refractivity contribution in [3.8, 4) is 0 Å². The molecular formula is C14H22N2O. The maximum absolute atomic E-state index is 12.0. The van der Waals surface area contributed by atoms with Crippen LogP contribution in [0.15, 0.2) is 18.2 Å². The van der Waals surface area contributed by atoms with Gasteiger partial charge in [0.1, 0.15) is 0 Å². The third kappa shape index (κ3) is 3.86. The van der Waals surface area contributed by atoms with Gasteiger partial charge in [-0.1, -0.05) is 24.1 Å². The maximum atomic E-state index is 12.0. The van der Waals surface area contributed by atoms with E-state index in [0.717, 1.165) is 16.7 Å². The first-order valence-electron chi connectivity index (χ1n) is 6.03. The zero-order valence-corrected chi connectivity index (χ0v) is 11.1. The Hall–Kier alpha value is -1.35. The minimum absolute atomic E-state index is 0.0235. The monoisotopic (exact) mass is 234 g/mol. The molecule has 1 aromatic carbocycles. The molecule has 94 valence electrons. The van der Waals surface area contributed by atoms with Gasteiger partial charge in [0.15, 0.2) is 0 Å². The van der Waals surface area contributed by atoms with Gasteiger partial charge in [-0.15, -0.1) is 0 Å². The lowest BCUT2D eigenvalue weighted by atomic mass is 10.0. The molecule has 3 N–H and O–H groups in total. The van der Waals surface area contributed by atoms with E-state index < -0.39 is 0 Å². The molecule has 0 radical (unpaired) electrons. The highest BCUT2D eigenvalue weighted by Gasteiger charge is 2.14. The Morgan fingerprint density at radius 1 is 1.24 bits per heavy atom. The van der Waals surface area contributed by atoms with Crippen LogP contribution in [0.3, 0.4) is 0 Å². The van der Waals surface area contributed by atoms with Gasteiger partial charge in [0.05, 0.1) is 0 Å². The van der Waals surface area contributed by atoms with Crippen molar-refractivity contribution < 1.29 is 4.79 Å². The molecule has 1 aromatic rings. The van der Waals surface area contributed by atoms with Crippen LogP contribution < -0.4 is 11.1 Å². The minimum Gasteiger partial charge on any atom is -0.349 e. The van der Waals surface area contributed by atoms with Gasteiger partial charge in [-0.25, -0.2) is 0 Å². The Morgan fingerprint density at radius 2 is 1.76 bits per heavy atom. The highest BCUT2D eigenvalue weighted by atomic mass is 16.1. The van der Waals surface area contributed by atoms with Crippen molar-refractivity contribution in [3.63, 3.8) is 0 Å². The summed E-state index contributed by atoms with van der Waals surface area (Å²) >= 11 is 0. The predicted molar refractivity (Wildman–Crippen MR) is 71.1 cm³/mol. The van der Waals surface area contributed by atoms with E-state index in [1.807, 2.05) is 39.8 Å². The number of carbonyl (C=O) groups is 1. The molecule has 0 heterocycles. The summed E-state index contributed by atoms with van der Waals surface area (Å²) < 4.78 is 0. The van der Waals surface area contributed by atoms with Gasteiger partial charge in [-0.05, 0) is 45.4 Å². The Balaban J connectivity index is 2.76. The second-order valence-electron chi connectivity index (χ2n) is 4.85. The lowest BCUT2D eigenvalue weighted by Gasteiger charge is -2.20.